The minimum atomic E-state index is -1.64. The predicted octanol–water partition coefficient (Wildman–Crippen LogP) is 1.90. The maximum atomic E-state index is 10.8. The van der Waals surface area contributed by atoms with Gasteiger partial charge in [-0.15, -0.1) is 0 Å². The van der Waals surface area contributed by atoms with Gasteiger partial charge in [0, 0.05) is 11.6 Å². The van der Waals surface area contributed by atoms with Crippen LogP contribution in [0, 0.1) is 0 Å². The van der Waals surface area contributed by atoms with Crippen LogP contribution in [0.3, 0.4) is 0 Å². The van der Waals surface area contributed by atoms with Crippen molar-refractivity contribution in [1.29, 1.82) is 0 Å². The van der Waals surface area contributed by atoms with Crippen molar-refractivity contribution in [3.63, 3.8) is 0 Å². The van der Waals surface area contributed by atoms with E-state index >= 15 is 0 Å². The zero-order valence-electron chi connectivity index (χ0n) is 8.81. The van der Waals surface area contributed by atoms with Gasteiger partial charge in [-0.3, -0.25) is 4.79 Å². The Morgan fingerprint density at radius 2 is 2.00 bits per heavy atom. The Morgan fingerprint density at radius 3 is 2.47 bits per heavy atom. The monoisotopic (exact) mass is 256 g/mol. The number of ketones is 1. The Kier molecular flexibility index (Phi) is 4.12. The molecule has 2 N–H and O–H groups in total. The van der Waals surface area contributed by atoms with Crippen LogP contribution >= 0.6 is 11.6 Å². The molecule has 0 spiro atoms. The third-order valence-electron chi connectivity index (χ3n) is 1.93. The normalized spacial score (nSPS) is 11.1. The maximum absolute atomic E-state index is 10.8. The molecule has 0 saturated heterocycles. The van der Waals surface area contributed by atoms with Crippen molar-refractivity contribution < 1.29 is 24.5 Å². The predicted molar refractivity (Wildman–Crippen MR) is 61.3 cm³/mol. The third-order valence-corrected chi connectivity index (χ3v) is 2.22. The zero-order valence-corrected chi connectivity index (χ0v) is 9.56. The number of halogens is 1. The van der Waals surface area contributed by atoms with Gasteiger partial charge in [0.1, 0.15) is 11.5 Å². The van der Waals surface area contributed by atoms with Crippen LogP contribution in [0.15, 0.2) is 24.3 Å². The van der Waals surface area contributed by atoms with Crippen LogP contribution in [-0.4, -0.2) is 29.1 Å². The summed E-state index contributed by atoms with van der Waals surface area (Å²) in [5.74, 6) is -2.92. The fourth-order valence-electron chi connectivity index (χ4n) is 1.09. The highest BCUT2D eigenvalue weighted by Gasteiger charge is 2.11. The van der Waals surface area contributed by atoms with Crippen molar-refractivity contribution in [1.82, 2.24) is 0 Å². The largest absolute Gasteiger partial charge is 0.507 e. The number of hydrogen-bond donors (Lipinski definition) is 2. The highest BCUT2D eigenvalue weighted by atomic mass is 35.5. The Labute approximate surface area is 102 Å². The Morgan fingerprint density at radius 1 is 1.35 bits per heavy atom. The summed E-state index contributed by atoms with van der Waals surface area (Å²) in [7, 11) is 1.44. The summed E-state index contributed by atoms with van der Waals surface area (Å²) in [6.45, 7) is 0. The van der Waals surface area contributed by atoms with Crippen molar-refractivity contribution in [2.24, 2.45) is 0 Å². The van der Waals surface area contributed by atoms with Crippen LogP contribution in [0.4, 0.5) is 0 Å². The molecule has 5 nitrogen and oxygen atoms in total. The minimum Gasteiger partial charge on any atom is -0.507 e. The van der Waals surface area contributed by atoms with Crippen molar-refractivity contribution in [3.05, 3.63) is 34.9 Å². The minimum absolute atomic E-state index is 0.227. The molecule has 0 heterocycles. The smallest absolute Gasteiger partial charge is 0.376 e. The molecule has 0 aliphatic rings. The van der Waals surface area contributed by atoms with Gasteiger partial charge in [-0.2, -0.15) is 0 Å². The van der Waals surface area contributed by atoms with Gasteiger partial charge in [0.05, 0.1) is 12.1 Å². The molecular weight excluding hydrogens is 248 g/mol. The van der Waals surface area contributed by atoms with Gasteiger partial charge in [0.25, 0.3) is 5.78 Å². The van der Waals surface area contributed by atoms with Gasteiger partial charge in [-0.1, -0.05) is 11.6 Å². The molecule has 0 radical (unpaired) electrons. The zero-order chi connectivity index (χ0) is 13.0. The first-order valence-electron chi connectivity index (χ1n) is 4.47. The molecule has 0 amide bonds. The number of carbonyl (C=O) groups excluding carboxylic acids is 1. The molecule has 0 aromatic heterocycles. The molecule has 0 fully saturated rings. The first-order valence-corrected chi connectivity index (χ1v) is 4.85. The number of carboxylic acids is 1. The van der Waals surface area contributed by atoms with E-state index in [4.69, 9.17) is 21.4 Å². The SMILES string of the molecule is COc1ccc(/C(O)=C/C(=O)C(=O)O)cc1Cl. The topological polar surface area (TPSA) is 83.8 Å². The van der Waals surface area contributed by atoms with Crippen LogP contribution in [0.25, 0.3) is 5.76 Å². The molecule has 6 heteroatoms. The van der Waals surface area contributed by atoms with E-state index in [0.717, 1.165) is 0 Å². The molecular formula is C11H9ClO5. The summed E-state index contributed by atoms with van der Waals surface area (Å²) >= 11 is 5.81. The fraction of sp³-hybridized carbons (Fsp3) is 0.0909. The number of methoxy groups -OCH3 is 1. The molecule has 0 saturated carbocycles. The standard InChI is InChI=1S/C11H9ClO5/c1-17-10-3-2-6(4-7(10)12)8(13)5-9(14)11(15)16/h2-5,13H,1H3,(H,15,16)/b8-5-. The first-order chi connectivity index (χ1) is 7.95. The summed E-state index contributed by atoms with van der Waals surface area (Å²) < 4.78 is 4.90. The van der Waals surface area contributed by atoms with E-state index < -0.39 is 17.5 Å². The Hall–Kier alpha value is -2.01. The number of carbonyl (C=O) groups is 2. The summed E-state index contributed by atoms with van der Waals surface area (Å²) in [6, 6.07) is 4.31. The maximum Gasteiger partial charge on any atom is 0.376 e. The molecule has 17 heavy (non-hydrogen) atoms. The van der Waals surface area contributed by atoms with Crippen molar-refractivity contribution >= 4 is 29.1 Å². The lowest BCUT2D eigenvalue weighted by Gasteiger charge is -2.05. The second-order valence-corrected chi connectivity index (χ2v) is 3.46. The summed E-state index contributed by atoms with van der Waals surface area (Å²) in [6.07, 6.45) is 0.612. The molecule has 0 unspecified atom stereocenters. The van der Waals surface area contributed by atoms with Gasteiger partial charge < -0.3 is 14.9 Å². The Balaban J connectivity index is 3.05. The summed E-state index contributed by atoms with van der Waals surface area (Å²) in [4.78, 5) is 21.1. The number of benzene rings is 1. The van der Waals surface area contributed by atoms with E-state index in [1.165, 1.54) is 25.3 Å². The van der Waals surface area contributed by atoms with Crippen LogP contribution in [0.2, 0.25) is 5.02 Å². The third kappa shape index (κ3) is 3.22. The van der Waals surface area contributed by atoms with E-state index in [9.17, 15) is 14.7 Å². The van der Waals surface area contributed by atoms with Gasteiger partial charge in [-0.25, -0.2) is 4.79 Å². The fourth-order valence-corrected chi connectivity index (χ4v) is 1.35. The van der Waals surface area contributed by atoms with Crippen LogP contribution in [0.5, 0.6) is 5.75 Å². The lowest BCUT2D eigenvalue weighted by molar-refractivity contribution is -0.146. The van der Waals surface area contributed by atoms with Crippen LogP contribution in [-0.2, 0) is 9.59 Å². The highest BCUT2D eigenvalue weighted by molar-refractivity contribution is 6.38. The molecule has 1 aromatic carbocycles. The first kappa shape index (κ1) is 13.1. The average molecular weight is 257 g/mol. The quantitative estimate of drug-likeness (QED) is 0.488. The van der Waals surface area contributed by atoms with E-state index in [1.54, 1.807) is 0 Å². The van der Waals surface area contributed by atoms with Gasteiger partial charge >= 0.3 is 5.97 Å². The number of ether oxygens (including phenoxy) is 1. The second kappa shape index (κ2) is 5.36. The van der Waals surface area contributed by atoms with Gasteiger partial charge in [0.2, 0.25) is 0 Å². The summed E-state index contributed by atoms with van der Waals surface area (Å²) in [5, 5.41) is 18.1. The van der Waals surface area contributed by atoms with E-state index in [-0.39, 0.29) is 10.6 Å². The number of rotatable bonds is 4. The van der Waals surface area contributed by atoms with Crippen LogP contribution in [0.1, 0.15) is 5.56 Å². The number of aliphatic hydroxyl groups is 1. The van der Waals surface area contributed by atoms with E-state index in [1.807, 2.05) is 0 Å². The average Bonchev–Trinajstić information content (AvgIpc) is 2.28. The molecule has 0 atom stereocenters. The molecule has 0 bridgehead atoms. The molecule has 1 rings (SSSR count). The summed E-state index contributed by atoms with van der Waals surface area (Å²) in [5.41, 5.74) is 0.227. The van der Waals surface area contributed by atoms with Gasteiger partial charge in [0.15, 0.2) is 0 Å². The van der Waals surface area contributed by atoms with Crippen molar-refractivity contribution in [2.45, 2.75) is 0 Å². The van der Waals surface area contributed by atoms with Crippen molar-refractivity contribution in [3.8, 4) is 5.75 Å². The number of hydrogen-bond acceptors (Lipinski definition) is 4. The molecule has 0 aliphatic carbocycles. The molecule has 0 aliphatic heterocycles. The highest BCUT2D eigenvalue weighted by Crippen LogP contribution is 2.27. The number of aliphatic hydroxyl groups excluding tert-OH is 1. The van der Waals surface area contributed by atoms with Gasteiger partial charge in [-0.05, 0) is 18.2 Å². The molecule has 1 aromatic rings. The lowest BCUT2D eigenvalue weighted by atomic mass is 10.1. The van der Waals surface area contributed by atoms with E-state index in [0.29, 0.717) is 11.8 Å². The number of carboxylic acid groups (broad SMARTS) is 1. The second-order valence-electron chi connectivity index (χ2n) is 3.05. The van der Waals surface area contributed by atoms with Crippen LogP contribution < -0.4 is 4.74 Å². The Bertz CT molecular complexity index is 493. The molecule has 90 valence electrons. The van der Waals surface area contributed by atoms with Crippen molar-refractivity contribution in [2.75, 3.05) is 7.11 Å². The number of aliphatic carboxylic acids is 1. The lowest BCUT2D eigenvalue weighted by Crippen LogP contribution is -2.09. The van der Waals surface area contributed by atoms with E-state index in [2.05, 4.69) is 0 Å².